The predicted octanol–water partition coefficient (Wildman–Crippen LogP) is 6.32. The maximum absolute atomic E-state index is 10.6. The van der Waals surface area contributed by atoms with E-state index < -0.39 is 0 Å². The Morgan fingerprint density at radius 3 is 1.91 bits per heavy atom. The van der Waals surface area contributed by atoms with Gasteiger partial charge in [-0.1, -0.05) is 78.1 Å². The lowest BCUT2D eigenvalue weighted by molar-refractivity contribution is 0.111. The number of hydrogen-bond acceptors (Lipinski definition) is 1. The summed E-state index contributed by atoms with van der Waals surface area (Å²) in [5.74, 6) is 0.871. The van der Waals surface area contributed by atoms with Crippen molar-refractivity contribution in [3.63, 3.8) is 0 Å². The molecule has 1 aromatic heterocycles. The number of nitrogens with one attached hydrogen (secondary N) is 1. The van der Waals surface area contributed by atoms with Crippen LogP contribution in [0.1, 0.15) is 101 Å². The molecule has 0 saturated heterocycles. The van der Waals surface area contributed by atoms with E-state index in [1.165, 1.54) is 76.3 Å². The van der Waals surface area contributed by atoms with E-state index >= 15 is 0 Å². The van der Waals surface area contributed by atoms with E-state index in [9.17, 15) is 4.79 Å². The fraction of sp³-hybridized carbons (Fsp3) is 0.750. The van der Waals surface area contributed by atoms with Gasteiger partial charge < -0.3 is 4.98 Å². The monoisotopic (exact) mass is 305 g/mol. The highest BCUT2D eigenvalue weighted by molar-refractivity contribution is 5.71. The standard InChI is InChI=1S/C20H35NO/c1-18(2)13-11-9-7-5-3-4-6-8-10-12-14-19-15-16-20(17-22)21-19/h15-18,21H,3-14H2,1-2H3. The highest BCUT2D eigenvalue weighted by Gasteiger charge is 1.98. The quantitative estimate of drug-likeness (QED) is 0.317. The molecule has 0 aliphatic rings. The van der Waals surface area contributed by atoms with Gasteiger partial charge >= 0.3 is 0 Å². The molecule has 0 aliphatic heterocycles. The molecule has 0 spiro atoms. The molecule has 22 heavy (non-hydrogen) atoms. The van der Waals surface area contributed by atoms with Gasteiger partial charge in [0.15, 0.2) is 6.29 Å². The molecule has 0 aromatic carbocycles. The smallest absolute Gasteiger partial charge is 0.166 e. The van der Waals surface area contributed by atoms with Crippen molar-refractivity contribution in [3.05, 3.63) is 23.5 Å². The van der Waals surface area contributed by atoms with Crippen LogP contribution in [-0.4, -0.2) is 11.3 Å². The normalized spacial score (nSPS) is 11.2. The summed E-state index contributed by atoms with van der Waals surface area (Å²) in [6.07, 6.45) is 17.2. The van der Waals surface area contributed by atoms with Gasteiger partial charge in [-0.3, -0.25) is 4.79 Å². The molecule has 1 heterocycles. The van der Waals surface area contributed by atoms with Crippen molar-refractivity contribution < 1.29 is 4.79 Å². The van der Waals surface area contributed by atoms with Gasteiger partial charge in [0.1, 0.15) is 0 Å². The molecule has 0 radical (unpaired) electrons. The Morgan fingerprint density at radius 2 is 1.41 bits per heavy atom. The molecular formula is C20H35NO. The Kier molecular flexibility index (Phi) is 10.8. The van der Waals surface area contributed by atoms with Crippen LogP contribution >= 0.6 is 0 Å². The van der Waals surface area contributed by atoms with E-state index in [1.807, 2.05) is 12.1 Å². The lowest BCUT2D eigenvalue weighted by Crippen LogP contribution is -1.88. The summed E-state index contributed by atoms with van der Waals surface area (Å²) in [5, 5.41) is 0. The van der Waals surface area contributed by atoms with Gasteiger partial charge in [0.2, 0.25) is 0 Å². The Balaban J connectivity index is 1.81. The molecular weight excluding hydrogens is 270 g/mol. The second-order valence-electron chi connectivity index (χ2n) is 7.02. The Labute approximate surface area is 137 Å². The zero-order valence-corrected chi connectivity index (χ0v) is 14.7. The van der Waals surface area contributed by atoms with Gasteiger partial charge in [0.05, 0.1) is 5.69 Å². The number of aromatic nitrogens is 1. The summed E-state index contributed by atoms with van der Waals surface area (Å²) in [5.41, 5.74) is 1.90. The molecule has 1 rings (SSSR count). The number of H-pyrrole nitrogens is 1. The topological polar surface area (TPSA) is 32.9 Å². The fourth-order valence-electron chi connectivity index (χ4n) is 2.96. The molecule has 0 bridgehead atoms. The third kappa shape index (κ3) is 9.81. The summed E-state index contributed by atoms with van der Waals surface area (Å²) in [7, 11) is 0. The number of aryl methyl sites for hydroxylation is 1. The van der Waals surface area contributed by atoms with Crippen LogP contribution in [0, 0.1) is 5.92 Å². The molecule has 0 aliphatic carbocycles. The SMILES string of the molecule is CC(C)CCCCCCCCCCCCc1ccc(C=O)[nH]1. The number of unbranched alkanes of at least 4 members (excludes halogenated alkanes) is 9. The number of rotatable bonds is 14. The van der Waals surface area contributed by atoms with Crippen LogP contribution in [-0.2, 0) is 6.42 Å². The third-order valence-corrected chi connectivity index (χ3v) is 4.37. The number of hydrogen-bond donors (Lipinski definition) is 1. The Bertz CT molecular complexity index is 381. The number of carbonyl (C=O) groups is 1. The van der Waals surface area contributed by atoms with Crippen molar-refractivity contribution >= 4 is 6.29 Å². The number of carbonyl (C=O) groups excluding carboxylic acids is 1. The van der Waals surface area contributed by atoms with E-state index in [0.717, 1.165) is 18.6 Å². The van der Waals surface area contributed by atoms with Crippen LogP contribution in [0.15, 0.2) is 12.1 Å². The Hall–Kier alpha value is -1.05. The van der Waals surface area contributed by atoms with E-state index in [4.69, 9.17) is 0 Å². The average molecular weight is 306 g/mol. The molecule has 0 unspecified atom stereocenters. The minimum absolute atomic E-state index is 0.698. The summed E-state index contributed by atoms with van der Waals surface area (Å²) in [4.78, 5) is 13.7. The zero-order chi connectivity index (χ0) is 16.0. The molecule has 0 saturated carbocycles. The molecule has 2 nitrogen and oxygen atoms in total. The molecule has 0 amide bonds. The first kappa shape index (κ1) is 19.0. The molecule has 2 heteroatoms. The summed E-state index contributed by atoms with van der Waals surface area (Å²) in [6.45, 7) is 4.63. The van der Waals surface area contributed by atoms with Crippen molar-refractivity contribution in [2.24, 2.45) is 5.92 Å². The average Bonchev–Trinajstić information content (AvgIpc) is 2.96. The van der Waals surface area contributed by atoms with Crippen LogP contribution in [0.5, 0.6) is 0 Å². The third-order valence-electron chi connectivity index (χ3n) is 4.37. The zero-order valence-electron chi connectivity index (χ0n) is 14.7. The van der Waals surface area contributed by atoms with Crippen LogP contribution in [0.3, 0.4) is 0 Å². The molecule has 0 atom stereocenters. The van der Waals surface area contributed by atoms with Gasteiger partial charge in [-0.25, -0.2) is 0 Å². The van der Waals surface area contributed by atoms with Crippen LogP contribution < -0.4 is 0 Å². The van der Waals surface area contributed by atoms with Gasteiger partial charge in [-0.2, -0.15) is 0 Å². The Morgan fingerprint density at radius 1 is 0.864 bits per heavy atom. The fourth-order valence-corrected chi connectivity index (χ4v) is 2.96. The minimum Gasteiger partial charge on any atom is -0.356 e. The lowest BCUT2D eigenvalue weighted by atomic mass is 10.0. The largest absolute Gasteiger partial charge is 0.356 e. The van der Waals surface area contributed by atoms with Gasteiger partial charge in [-0.15, -0.1) is 0 Å². The van der Waals surface area contributed by atoms with Crippen LogP contribution in [0.2, 0.25) is 0 Å². The summed E-state index contributed by atoms with van der Waals surface area (Å²) in [6, 6.07) is 3.90. The maximum Gasteiger partial charge on any atom is 0.166 e. The van der Waals surface area contributed by atoms with Crippen molar-refractivity contribution in [2.75, 3.05) is 0 Å². The first-order valence-electron chi connectivity index (χ1n) is 9.35. The van der Waals surface area contributed by atoms with Gasteiger partial charge in [0.25, 0.3) is 0 Å². The van der Waals surface area contributed by atoms with Gasteiger partial charge in [0, 0.05) is 5.69 Å². The second-order valence-corrected chi connectivity index (χ2v) is 7.02. The van der Waals surface area contributed by atoms with Crippen molar-refractivity contribution in [1.82, 2.24) is 4.98 Å². The van der Waals surface area contributed by atoms with Crippen molar-refractivity contribution in [3.8, 4) is 0 Å². The van der Waals surface area contributed by atoms with Gasteiger partial charge in [-0.05, 0) is 30.9 Å². The lowest BCUT2D eigenvalue weighted by Gasteiger charge is -2.04. The minimum atomic E-state index is 0.698. The van der Waals surface area contributed by atoms with Crippen LogP contribution in [0.4, 0.5) is 0 Å². The molecule has 0 fully saturated rings. The summed E-state index contributed by atoms with van der Waals surface area (Å²) >= 11 is 0. The van der Waals surface area contributed by atoms with E-state index in [-0.39, 0.29) is 0 Å². The van der Waals surface area contributed by atoms with Crippen molar-refractivity contribution in [1.29, 1.82) is 0 Å². The highest BCUT2D eigenvalue weighted by atomic mass is 16.1. The number of aldehydes is 1. The highest BCUT2D eigenvalue weighted by Crippen LogP contribution is 2.14. The van der Waals surface area contributed by atoms with E-state index in [2.05, 4.69) is 18.8 Å². The van der Waals surface area contributed by atoms with Crippen molar-refractivity contribution in [2.45, 2.75) is 90.9 Å². The molecule has 126 valence electrons. The maximum atomic E-state index is 10.6. The molecule has 1 aromatic rings. The summed E-state index contributed by atoms with van der Waals surface area (Å²) < 4.78 is 0. The predicted molar refractivity (Wildman–Crippen MR) is 95.5 cm³/mol. The van der Waals surface area contributed by atoms with E-state index in [0.29, 0.717) is 5.69 Å². The first-order chi connectivity index (χ1) is 10.7. The second kappa shape index (κ2) is 12.5. The van der Waals surface area contributed by atoms with Crippen LogP contribution in [0.25, 0.3) is 0 Å². The first-order valence-corrected chi connectivity index (χ1v) is 9.35. The number of aromatic amines is 1. The van der Waals surface area contributed by atoms with E-state index in [1.54, 1.807) is 0 Å². The molecule has 1 N–H and O–H groups in total.